The Hall–Kier alpha value is -2.48. The van der Waals surface area contributed by atoms with Crippen molar-refractivity contribution in [1.82, 2.24) is 15.5 Å². The normalized spacial score (nSPS) is 15.4. The summed E-state index contributed by atoms with van der Waals surface area (Å²) >= 11 is 5.45. The van der Waals surface area contributed by atoms with E-state index in [4.69, 9.17) is 17.0 Å². The molecule has 0 aromatic heterocycles. The van der Waals surface area contributed by atoms with Crippen LogP contribution in [0.1, 0.15) is 113 Å². The van der Waals surface area contributed by atoms with Crippen molar-refractivity contribution in [2.24, 2.45) is 0 Å². The van der Waals surface area contributed by atoms with Crippen LogP contribution in [0.25, 0.3) is 0 Å². The highest BCUT2D eigenvalue weighted by molar-refractivity contribution is 7.80. The molecule has 2 amide bonds. The molecule has 1 heterocycles. The molecule has 2 rings (SSSR count). The number of esters is 1. The molecule has 1 fully saturated rings. The van der Waals surface area contributed by atoms with Crippen molar-refractivity contribution in [3.8, 4) is 0 Å². The van der Waals surface area contributed by atoms with Gasteiger partial charge in [-0.25, -0.2) is 0 Å². The fraction of sp³-hybridized carbons (Fsp3) is 0.655. The van der Waals surface area contributed by atoms with E-state index < -0.39 is 12.0 Å². The van der Waals surface area contributed by atoms with E-state index in [1.807, 2.05) is 12.1 Å². The van der Waals surface area contributed by atoms with Gasteiger partial charge in [-0.15, -0.1) is 0 Å². The molecule has 1 aliphatic rings. The number of piperazine rings is 1. The first-order chi connectivity index (χ1) is 17.8. The molecule has 1 atom stereocenters. The Kier molecular flexibility index (Phi) is 14.2. The predicted molar refractivity (Wildman–Crippen MR) is 152 cm³/mol. The summed E-state index contributed by atoms with van der Waals surface area (Å²) in [6.07, 6.45) is 12.0. The van der Waals surface area contributed by atoms with Crippen molar-refractivity contribution in [3.05, 3.63) is 35.4 Å². The molecule has 0 saturated carbocycles. The summed E-state index contributed by atoms with van der Waals surface area (Å²) in [7, 11) is 0. The van der Waals surface area contributed by atoms with Gasteiger partial charge >= 0.3 is 5.97 Å². The Labute approximate surface area is 228 Å². The third-order valence-electron chi connectivity index (χ3n) is 6.77. The summed E-state index contributed by atoms with van der Waals surface area (Å²) in [4.78, 5) is 39.3. The lowest BCUT2D eigenvalue weighted by Gasteiger charge is -2.36. The summed E-state index contributed by atoms with van der Waals surface area (Å²) in [5.74, 6) is -0.689. The molecule has 7 nitrogen and oxygen atoms in total. The smallest absolute Gasteiger partial charge is 0.308 e. The molecule has 0 bridgehead atoms. The number of rotatable bonds is 15. The minimum absolute atomic E-state index is 0.108. The molecule has 37 heavy (non-hydrogen) atoms. The van der Waals surface area contributed by atoms with Crippen molar-refractivity contribution in [1.29, 1.82) is 0 Å². The topological polar surface area (TPSA) is 87.7 Å². The van der Waals surface area contributed by atoms with E-state index >= 15 is 0 Å². The van der Waals surface area contributed by atoms with E-state index in [2.05, 4.69) is 31.4 Å². The lowest BCUT2D eigenvalue weighted by molar-refractivity contribution is -0.147. The molecular weight excluding hydrogens is 486 g/mol. The Morgan fingerprint density at radius 1 is 1.03 bits per heavy atom. The summed E-state index contributed by atoms with van der Waals surface area (Å²) in [6.45, 7) is 7.57. The van der Waals surface area contributed by atoms with Gasteiger partial charge in [0, 0.05) is 18.7 Å². The summed E-state index contributed by atoms with van der Waals surface area (Å²) < 4.78 is 5.40. The van der Waals surface area contributed by atoms with Gasteiger partial charge in [0.1, 0.15) is 6.04 Å². The van der Waals surface area contributed by atoms with Gasteiger partial charge in [0.05, 0.1) is 13.0 Å². The average molecular weight is 532 g/mol. The van der Waals surface area contributed by atoms with E-state index in [1.165, 1.54) is 44.9 Å². The third kappa shape index (κ3) is 11.2. The van der Waals surface area contributed by atoms with Crippen LogP contribution in [0.3, 0.4) is 0 Å². The van der Waals surface area contributed by atoms with Crippen molar-refractivity contribution >= 4 is 35.1 Å². The Bertz CT molecular complexity index is 872. The molecule has 1 saturated heterocycles. The van der Waals surface area contributed by atoms with Gasteiger partial charge in [-0.2, -0.15) is 0 Å². The van der Waals surface area contributed by atoms with Gasteiger partial charge in [-0.05, 0) is 42.3 Å². The highest BCUT2D eigenvalue weighted by Gasteiger charge is 2.34. The molecule has 1 unspecified atom stereocenters. The highest BCUT2D eigenvalue weighted by Crippen LogP contribution is 2.16. The number of hydrogen-bond acceptors (Lipinski definition) is 5. The van der Waals surface area contributed by atoms with Crippen LogP contribution in [0.4, 0.5) is 0 Å². The number of hydrogen-bond donors (Lipinski definition) is 2. The minimum Gasteiger partial charge on any atom is -0.466 e. The van der Waals surface area contributed by atoms with Crippen LogP contribution in [-0.4, -0.2) is 53.5 Å². The molecule has 0 spiro atoms. The van der Waals surface area contributed by atoms with E-state index in [9.17, 15) is 14.4 Å². The van der Waals surface area contributed by atoms with Gasteiger partial charge in [0.2, 0.25) is 5.91 Å². The molecule has 8 heteroatoms. The number of thiocarbonyl (C=S) groups is 1. The zero-order valence-corrected chi connectivity index (χ0v) is 23.7. The Morgan fingerprint density at radius 2 is 1.62 bits per heavy atom. The van der Waals surface area contributed by atoms with Crippen LogP contribution in [0.2, 0.25) is 0 Å². The molecule has 0 radical (unpaired) electrons. The molecular formula is C29H45N3O4S. The first-order valence-electron chi connectivity index (χ1n) is 14.0. The Morgan fingerprint density at radius 3 is 2.22 bits per heavy atom. The summed E-state index contributed by atoms with van der Waals surface area (Å²) in [6, 6.07) is 6.57. The summed E-state index contributed by atoms with van der Waals surface area (Å²) in [5.41, 5.74) is 1.63. The first-order valence-corrected chi connectivity index (χ1v) is 14.4. The number of nitrogens with one attached hydrogen (secondary N) is 2. The van der Waals surface area contributed by atoms with Crippen LogP contribution in [0.5, 0.6) is 0 Å². The maximum Gasteiger partial charge on any atom is 0.308 e. The molecule has 1 aromatic carbocycles. The van der Waals surface area contributed by atoms with Crippen LogP contribution >= 0.6 is 12.2 Å². The number of benzene rings is 1. The van der Waals surface area contributed by atoms with Gasteiger partial charge in [0.15, 0.2) is 5.11 Å². The number of ether oxygens (including phenoxy) is 1. The van der Waals surface area contributed by atoms with E-state index in [-0.39, 0.29) is 23.3 Å². The minimum atomic E-state index is -0.801. The number of carbonyl (C=O) groups excluding carboxylic acids is 3. The number of carbonyl (C=O) groups is 3. The van der Waals surface area contributed by atoms with Gasteiger partial charge in [-0.1, -0.05) is 90.7 Å². The number of amides is 2. The van der Waals surface area contributed by atoms with E-state index in [0.29, 0.717) is 31.2 Å². The van der Waals surface area contributed by atoms with Crippen molar-refractivity contribution in [3.63, 3.8) is 0 Å². The van der Waals surface area contributed by atoms with Crippen molar-refractivity contribution in [2.75, 3.05) is 19.7 Å². The maximum absolute atomic E-state index is 12.7. The molecule has 2 N–H and O–H groups in total. The largest absolute Gasteiger partial charge is 0.466 e. The standard InChI is InChI=1S/C29H45N3O4S/c1-4-5-6-7-8-9-10-11-12-13-20-36-26(33)21-25-28(35)30-18-19-32(25)29(37)31-27(34)24-16-14-23(15-17-24)22(2)3/h14-17,22,25H,4-13,18-21H2,1-3H3,(H,30,35)(H,31,34,37). The van der Waals surface area contributed by atoms with Crippen LogP contribution in [0.15, 0.2) is 24.3 Å². The zero-order valence-electron chi connectivity index (χ0n) is 22.9. The lowest BCUT2D eigenvalue weighted by atomic mass is 10.0. The SMILES string of the molecule is CCCCCCCCCCCCOC(=O)CC1C(=O)NCCN1C(=S)NC(=O)c1ccc(C(C)C)cc1. The van der Waals surface area contributed by atoms with Gasteiger partial charge in [-0.3, -0.25) is 19.7 Å². The highest BCUT2D eigenvalue weighted by atomic mass is 32.1. The third-order valence-corrected chi connectivity index (χ3v) is 7.11. The molecule has 206 valence electrons. The summed E-state index contributed by atoms with van der Waals surface area (Å²) in [5, 5.41) is 5.63. The fourth-order valence-electron chi connectivity index (χ4n) is 4.41. The second-order valence-corrected chi connectivity index (χ2v) is 10.5. The molecule has 1 aromatic rings. The lowest BCUT2D eigenvalue weighted by Crippen LogP contribution is -2.60. The first kappa shape index (κ1) is 30.7. The zero-order chi connectivity index (χ0) is 27.0. The molecule has 1 aliphatic heterocycles. The fourth-order valence-corrected chi connectivity index (χ4v) is 4.72. The van der Waals surface area contributed by atoms with Crippen LogP contribution in [0, 0.1) is 0 Å². The van der Waals surface area contributed by atoms with Crippen LogP contribution in [-0.2, 0) is 14.3 Å². The second-order valence-electron chi connectivity index (χ2n) is 10.1. The van der Waals surface area contributed by atoms with Gasteiger partial charge < -0.3 is 15.0 Å². The van der Waals surface area contributed by atoms with E-state index in [1.54, 1.807) is 17.0 Å². The quantitative estimate of drug-likeness (QED) is 0.177. The van der Waals surface area contributed by atoms with Crippen LogP contribution < -0.4 is 10.6 Å². The van der Waals surface area contributed by atoms with Gasteiger partial charge in [0.25, 0.3) is 5.91 Å². The number of nitrogens with zero attached hydrogens (tertiary/aromatic N) is 1. The van der Waals surface area contributed by atoms with Crippen molar-refractivity contribution < 1.29 is 19.1 Å². The van der Waals surface area contributed by atoms with E-state index in [0.717, 1.165) is 24.8 Å². The monoisotopic (exact) mass is 531 g/mol. The molecule has 0 aliphatic carbocycles. The number of unbranched alkanes of at least 4 members (excludes halogenated alkanes) is 9. The maximum atomic E-state index is 12.7. The Balaban J connectivity index is 1.73. The predicted octanol–water partition coefficient (Wildman–Crippen LogP) is 5.48. The second kappa shape index (κ2) is 17.1. The van der Waals surface area contributed by atoms with Crippen molar-refractivity contribution in [2.45, 2.75) is 103 Å². The average Bonchev–Trinajstić information content (AvgIpc) is 2.88.